The lowest BCUT2D eigenvalue weighted by Crippen LogP contribution is -1.97. The van der Waals surface area contributed by atoms with Gasteiger partial charge in [-0.2, -0.15) is 0 Å². The highest BCUT2D eigenvalue weighted by molar-refractivity contribution is 6.31. The van der Waals surface area contributed by atoms with Crippen LogP contribution < -0.4 is 10.5 Å². The van der Waals surface area contributed by atoms with Crippen LogP contribution in [0.3, 0.4) is 0 Å². The van der Waals surface area contributed by atoms with Crippen molar-refractivity contribution in [2.45, 2.75) is 6.61 Å². The van der Waals surface area contributed by atoms with E-state index < -0.39 is 0 Å². The summed E-state index contributed by atoms with van der Waals surface area (Å²) in [6.07, 6.45) is 0. The van der Waals surface area contributed by atoms with Gasteiger partial charge in [0.1, 0.15) is 12.4 Å². The maximum absolute atomic E-state index is 6.11. The van der Waals surface area contributed by atoms with E-state index >= 15 is 0 Å². The van der Waals surface area contributed by atoms with Gasteiger partial charge in [0.2, 0.25) is 0 Å². The van der Waals surface area contributed by atoms with E-state index in [-0.39, 0.29) is 6.01 Å². The number of hydrogen-bond acceptors (Lipinski definition) is 5. The van der Waals surface area contributed by atoms with E-state index in [0.29, 0.717) is 28.8 Å². The van der Waals surface area contributed by atoms with Gasteiger partial charge in [-0.1, -0.05) is 47.0 Å². The van der Waals surface area contributed by atoms with Crippen LogP contribution >= 0.6 is 11.6 Å². The smallest absolute Gasteiger partial charge is 0.313 e. The minimum Gasteiger partial charge on any atom is -0.488 e. The number of nitrogens with two attached hydrogens (primary N) is 1. The van der Waals surface area contributed by atoms with E-state index in [1.165, 1.54) is 0 Å². The molecule has 6 heteroatoms. The quantitative estimate of drug-likeness (QED) is 0.797. The summed E-state index contributed by atoms with van der Waals surface area (Å²) in [4.78, 5) is 0. The zero-order chi connectivity index (χ0) is 14.7. The average Bonchev–Trinajstić information content (AvgIpc) is 2.93. The van der Waals surface area contributed by atoms with Crippen molar-refractivity contribution in [2.24, 2.45) is 0 Å². The molecule has 21 heavy (non-hydrogen) atoms. The predicted molar refractivity (Wildman–Crippen MR) is 79.9 cm³/mol. The van der Waals surface area contributed by atoms with Crippen molar-refractivity contribution in [3.05, 3.63) is 59.1 Å². The monoisotopic (exact) mass is 301 g/mol. The van der Waals surface area contributed by atoms with Crippen molar-refractivity contribution in [3.63, 3.8) is 0 Å². The van der Waals surface area contributed by atoms with Gasteiger partial charge in [0, 0.05) is 10.6 Å². The fraction of sp³-hybridized carbons (Fsp3) is 0.0667. The van der Waals surface area contributed by atoms with E-state index in [1.54, 1.807) is 0 Å². The van der Waals surface area contributed by atoms with Crippen molar-refractivity contribution in [2.75, 3.05) is 5.73 Å². The largest absolute Gasteiger partial charge is 0.488 e. The van der Waals surface area contributed by atoms with Crippen LogP contribution in [0, 0.1) is 0 Å². The van der Waals surface area contributed by atoms with Gasteiger partial charge in [0.25, 0.3) is 5.89 Å². The second-order valence-electron chi connectivity index (χ2n) is 4.32. The molecule has 0 unspecified atom stereocenters. The van der Waals surface area contributed by atoms with Gasteiger partial charge in [0.05, 0.1) is 5.56 Å². The number of hydrogen-bond donors (Lipinski definition) is 1. The molecule has 0 saturated heterocycles. The molecule has 0 fully saturated rings. The molecule has 1 heterocycles. The van der Waals surface area contributed by atoms with Crippen LogP contribution in [-0.4, -0.2) is 10.2 Å². The molecular weight excluding hydrogens is 290 g/mol. The lowest BCUT2D eigenvalue weighted by molar-refractivity contribution is 0.307. The van der Waals surface area contributed by atoms with Gasteiger partial charge in [-0.3, -0.25) is 0 Å². The Kier molecular flexibility index (Phi) is 3.75. The van der Waals surface area contributed by atoms with Gasteiger partial charge < -0.3 is 14.9 Å². The van der Waals surface area contributed by atoms with Crippen LogP contribution in [0.4, 0.5) is 6.01 Å². The molecule has 106 valence electrons. The van der Waals surface area contributed by atoms with Crippen LogP contribution in [0.5, 0.6) is 5.75 Å². The van der Waals surface area contributed by atoms with E-state index in [4.69, 9.17) is 26.5 Å². The average molecular weight is 302 g/mol. The molecule has 0 saturated carbocycles. The molecule has 0 bridgehead atoms. The van der Waals surface area contributed by atoms with Crippen molar-refractivity contribution in [3.8, 4) is 17.2 Å². The van der Waals surface area contributed by atoms with E-state index in [9.17, 15) is 0 Å². The van der Waals surface area contributed by atoms with Gasteiger partial charge in [-0.05, 0) is 18.2 Å². The fourth-order valence-corrected chi connectivity index (χ4v) is 2.07. The highest BCUT2D eigenvalue weighted by atomic mass is 35.5. The third-order valence-electron chi connectivity index (χ3n) is 2.90. The summed E-state index contributed by atoms with van der Waals surface area (Å²) in [5.74, 6) is 0.948. The van der Waals surface area contributed by atoms with Gasteiger partial charge >= 0.3 is 6.01 Å². The topological polar surface area (TPSA) is 74.2 Å². The summed E-state index contributed by atoms with van der Waals surface area (Å²) in [5.41, 5.74) is 7.04. The molecule has 2 N–H and O–H groups in total. The summed E-state index contributed by atoms with van der Waals surface area (Å²) in [5, 5.41) is 8.19. The predicted octanol–water partition coefficient (Wildman–Crippen LogP) is 3.55. The number of para-hydroxylation sites is 1. The molecule has 2 aromatic carbocycles. The SMILES string of the molecule is Nc1nnc(-c2ccccc2OCc2ccccc2Cl)o1. The summed E-state index contributed by atoms with van der Waals surface area (Å²) in [7, 11) is 0. The first kappa shape index (κ1) is 13.5. The first-order valence-corrected chi connectivity index (χ1v) is 6.66. The van der Waals surface area contributed by atoms with Gasteiger partial charge in [-0.15, -0.1) is 5.10 Å². The van der Waals surface area contributed by atoms with Crippen LogP contribution in [0.1, 0.15) is 5.56 Å². The van der Waals surface area contributed by atoms with E-state index in [0.717, 1.165) is 5.56 Å². The Balaban J connectivity index is 1.85. The molecular formula is C15H12ClN3O2. The zero-order valence-electron chi connectivity index (χ0n) is 11.0. The highest BCUT2D eigenvalue weighted by Gasteiger charge is 2.12. The lowest BCUT2D eigenvalue weighted by Gasteiger charge is -2.10. The molecule has 0 atom stereocenters. The molecule has 0 aliphatic heterocycles. The first-order chi connectivity index (χ1) is 10.2. The Morgan fingerprint density at radius 3 is 2.57 bits per heavy atom. The molecule has 0 aliphatic carbocycles. The minimum absolute atomic E-state index is 0.0194. The maximum atomic E-state index is 6.11. The third kappa shape index (κ3) is 2.98. The van der Waals surface area contributed by atoms with E-state index in [1.807, 2.05) is 48.5 Å². The van der Waals surface area contributed by atoms with Crippen LogP contribution in [0.2, 0.25) is 5.02 Å². The molecule has 0 radical (unpaired) electrons. The fourth-order valence-electron chi connectivity index (χ4n) is 1.88. The van der Waals surface area contributed by atoms with Crippen molar-refractivity contribution >= 4 is 17.6 Å². The molecule has 1 aromatic heterocycles. The Morgan fingerprint density at radius 2 is 1.81 bits per heavy atom. The summed E-state index contributed by atoms with van der Waals surface area (Å²) >= 11 is 6.11. The Morgan fingerprint density at radius 1 is 1.05 bits per heavy atom. The summed E-state index contributed by atoms with van der Waals surface area (Å²) in [6, 6.07) is 14.9. The number of ether oxygens (including phenoxy) is 1. The lowest BCUT2D eigenvalue weighted by atomic mass is 10.2. The van der Waals surface area contributed by atoms with Crippen LogP contribution in [0.25, 0.3) is 11.5 Å². The molecule has 0 spiro atoms. The van der Waals surface area contributed by atoms with Crippen LogP contribution in [-0.2, 0) is 6.61 Å². The number of nitrogens with zero attached hydrogens (tertiary/aromatic N) is 2. The molecule has 0 aliphatic rings. The Labute approximate surface area is 126 Å². The third-order valence-corrected chi connectivity index (χ3v) is 3.27. The number of halogens is 1. The number of nitrogen functional groups attached to an aromatic ring is 1. The highest BCUT2D eigenvalue weighted by Crippen LogP contribution is 2.30. The van der Waals surface area contributed by atoms with Gasteiger partial charge in [-0.25, -0.2) is 0 Å². The maximum Gasteiger partial charge on any atom is 0.313 e. The van der Waals surface area contributed by atoms with Crippen molar-refractivity contribution in [1.82, 2.24) is 10.2 Å². The first-order valence-electron chi connectivity index (χ1n) is 6.28. The normalized spacial score (nSPS) is 10.5. The molecule has 3 aromatic rings. The Bertz CT molecular complexity index is 758. The second-order valence-corrected chi connectivity index (χ2v) is 4.73. The molecule has 3 rings (SSSR count). The van der Waals surface area contributed by atoms with Gasteiger partial charge in [0.15, 0.2) is 0 Å². The Hall–Kier alpha value is -2.53. The van der Waals surface area contributed by atoms with E-state index in [2.05, 4.69) is 10.2 Å². The number of anilines is 1. The molecule has 5 nitrogen and oxygen atoms in total. The number of rotatable bonds is 4. The number of aromatic nitrogens is 2. The summed E-state index contributed by atoms with van der Waals surface area (Å²) in [6.45, 7) is 0.348. The van der Waals surface area contributed by atoms with Crippen LogP contribution in [0.15, 0.2) is 52.9 Å². The summed E-state index contributed by atoms with van der Waals surface area (Å²) < 4.78 is 11.1. The molecule has 0 amide bonds. The second kappa shape index (κ2) is 5.85. The number of benzene rings is 2. The van der Waals surface area contributed by atoms with Crippen molar-refractivity contribution < 1.29 is 9.15 Å². The standard InChI is InChI=1S/C15H12ClN3O2/c16-12-7-3-1-5-10(12)9-20-13-8-4-2-6-11(13)14-18-19-15(17)21-14/h1-8H,9H2,(H2,17,19). The van der Waals surface area contributed by atoms with Crippen molar-refractivity contribution in [1.29, 1.82) is 0 Å². The zero-order valence-corrected chi connectivity index (χ0v) is 11.7. The minimum atomic E-state index is 0.0194.